The van der Waals surface area contributed by atoms with E-state index in [9.17, 15) is 30.0 Å². The molecule has 16 heteroatoms. The molecule has 0 amide bonds. The third-order valence-corrected chi connectivity index (χ3v) is 6.33. The van der Waals surface area contributed by atoms with Gasteiger partial charge >= 0.3 is 5.69 Å². The molecule has 0 fully saturated rings. The number of aromatic nitrogens is 5. The van der Waals surface area contributed by atoms with E-state index in [2.05, 4.69) is 19.9 Å². The van der Waals surface area contributed by atoms with Crippen molar-refractivity contribution in [2.75, 3.05) is 6.61 Å². The minimum Gasteiger partial charge on any atom is -0.506 e. The fourth-order valence-corrected chi connectivity index (χ4v) is 3.89. The molecule has 0 spiro atoms. The zero-order chi connectivity index (χ0) is 29.0. The molecule has 0 bridgehead atoms. The molecule has 1 radical (unpaired) electrons. The first kappa shape index (κ1) is 36.3. The van der Waals surface area contributed by atoms with Crippen molar-refractivity contribution in [1.29, 1.82) is 0 Å². The zero-order valence-corrected chi connectivity index (χ0v) is 24.5. The van der Waals surface area contributed by atoms with Gasteiger partial charge in [-0.05, 0) is 44.0 Å². The molecule has 0 saturated heterocycles. The summed E-state index contributed by atoms with van der Waals surface area (Å²) >= 11 is 0. The summed E-state index contributed by atoms with van der Waals surface area (Å²) in [5, 5.41) is 65.8. The number of nitrogens with one attached hydrogen (secondary N) is 1. The number of hydrogen-bond donors (Lipinski definition) is 8. The van der Waals surface area contributed by atoms with Gasteiger partial charge in [0.25, 0.3) is 5.56 Å². The van der Waals surface area contributed by atoms with Gasteiger partial charge in [-0.15, -0.1) is 0 Å². The van der Waals surface area contributed by atoms with E-state index in [4.69, 9.17) is 15.3 Å². The molecule has 1 aromatic heterocycles. The number of fused-ring (bicyclic) bond motifs is 2. The molecule has 3 heterocycles. The van der Waals surface area contributed by atoms with E-state index in [1.165, 1.54) is 10.8 Å². The quantitative estimate of drug-likeness (QED) is 0.0826. The van der Waals surface area contributed by atoms with Crippen LogP contribution in [-0.2, 0) is 53.9 Å². The van der Waals surface area contributed by atoms with Gasteiger partial charge < -0.3 is 40.3 Å². The minimum atomic E-state index is -1.64. The van der Waals surface area contributed by atoms with Crippen LogP contribution >= 0.6 is 0 Å². The van der Waals surface area contributed by atoms with Crippen molar-refractivity contribution in [3.8, 4) is 17.3 Å². The number of aliphatic hydroxyl groups excluding tert-OH is 6. The Kier molecular flexibility index (Phi) is 13.7. The molecule has 0 aliphatic carbocycles. The summed E-state index contributed by atoms with van der Waals surface area (Å²) in [6.45, 7) is 3.85. The summed E-state index contributed by atoms with van der Waals surface area (Å²) in [4.78, 5) is 37.8. The maximum atomic E-state index is 12.2. The Bertz CT molecular complexity index is 1570. The Labute approximate surface area is 254 Å². The Morgan fingerprint density at radius 3 is 2.17 bits per heavy atom. The van der Waals surface area contributed by atoms with E-state index in [1.54, 1.807) is 19.1 Å². The maximum Gasteiger partial charge on any atom is 0.349 e. The molecule has 3 atom stereocenters. The van der Waals surface area contributed by atoms with E-state index in [0.29, 0.717) is 27.9 Å². The molecule has 2 aliphatic rings. The van der Waals surface area contributed by atoms with Crippen LogP contribution in [-0.4, -0.2) is 85.2 Å². The van der Waals surface area contributed by atoms with Gasteiger partial charge in [0.1, 0.15) is 24.1 Å². The Morgan fingerprint density at radius 1 is 0.951 bits per heavy atom. The summed E-state index contributed by atoms with van der Waals surface area (Å²) in [6, 6.07) is 3.53. The molecule has 2 aliphatic heterocycles. The summed E-state index contributed by atoms with van der Waals surface area (Å²) in [5.74, 6) is -0.0895. The summed E-state index contributed by atoms with van der Waals surface area (Å²) in [7, 11) is 0. The van der Waals surface area contributed by atoms with Crippen molar-refractivity contribution >= 4 is 11.0 Å². The van der Waals surface area contributed by atoms with Gasteiger partial charge in [0, 0.05) is 51.5 Å². The number of pyridine rings is 1. The molecule has 14 nitrogen and oxygen atoms in total. The average molecular weight is 656 g/mol. The minimum absolute atomic E-state index is 0. The normalized spacial score (nSPS) is 13.0. The predicted molar refractivity (Wildman–Crippen MR) is 138 cm³/mol. The molecule has 8 N–H and O–H groups in total. The number of nitrogens with zero attached hydrogens (tertiary/aromatic N) is 4. The molecule has 0 unspecified atom stereocenters. The molecule has 1 aromatic carbocycles. The summed E-state index contributed by atoms with van der Waals surface area (Å²) in [6.07, 6.45) is -3.24. The van der Waals surface area contributed by atoms with Crippen molar-refractivity contribution in [3.05, 3.63) is 67.1 Å². The van der Waals surface area contributed by atoms with Crippen molar-refractivity contribution in [2.24, 2.45) is 0 Å². The van der Waals surface area contributed by atoms with Gasteiger partial charge in [-0.3, -0.25) is 14.8 Å². The van der Waals surface area contributed by atoms with Gasteiger partial charge in [0.05, 0.1) is 43.1 Å². The van der Waals surface area contributed by atoms with Crippen LogP contribution in [0.2, 0.25) is 0 Å². The molecule has 2 aromatic rings. The van der Waals surface area contributed by atoms with Gasteiger partial charge in [-0.2, -0.15) is 4.98 Å². The Hall–Kier alpha value is -2.75. The van der Waals surface area contributed by atoms with Crippen LogP contribution in [0.25, 0.3) is 22.6 Å². The number of benzene rings is 1. The number of hydrogen-bond acceptors (Lipinski definition) is 12. The van der Waals surface area contributed by atoms with E-state index in [0.717, 1.165) is 11.1 Å². The van der Waals surface area contributed by atoms with Crippen molar-refractivity contribution in [2.45, 2.75) is 58.8 Å². The summed E-state index contributed by atoms with van der Waals surface area (Å²) < 4.78 is 1.40. The monoisotopic (exact) mass is 656 g/mol. The number of aromatic hydroxyl groups is 1. The number of aliphatic hydroxyl groups is 6. The second kappa shape index (κ2) is 15.5. The van der Waals surface area contributed by atoms with Gasteiger partial charge in [-0.1, -0.05) is 0 Å². The van der Waals surface area contributed by atoms with Crippen LogP contribution in [0.15, 0.2) is 27.9 Å². The van der Waals surface area contributed by atoms with Crippen molar-refractivity contribution < 1.29 is 69.9 Å². The molecule has 41 heavy (non-hydrogen) atoms. The largest absolute Gasteiger partial charge is 0.506 e. The maximum absolute atomic E-state index is 12.2. The SMILES string of the molecule is Cc1cc2nc3c(=O)[nH]c(=O)nc-3n(C[C@H](O)[C@H](O)[C@H](O)CO)c2cc1C.Cc1ncc(CO)c(CO)c1O.[Fe].[Mn]. The average Bonchev–Trinajstić information content (AvgIpc) is 2.91. The van der Waals surface area contributed by atoms with Gasteiger partial charge in [-0.25, -0.2) is 9.78 Å². The molecule has 4 rings (SSSR count). The number of aromatic amines is 1. The zero-order valence-electron chi connectivity index (χ0n) is 22.3. The van der Waals surface area contributed by atoms with E-state index < -0.39 is 36.2 Å². The topological polar surface area (TPSA) is 235 Å². The smallest absolute Gasteiger partial charge is 0.349 e. The molecular formula is C25H31FeMnN5O9. The van der Waals surface area contributed by atoms with E-state index in [-0.39, 0.29) is 71.2 Å². The third kappa shape index (κ3) is 7.96. The van der Waals surface area contributed by atoms with Crippen LogP contribution in [0, 0.1) is 20.8 Å². The van der Waals surface area contributed by atoms with Crippen LogP contribution in [0.4, 0.5) is 0 Å². The third-order valence-electron chi connectivity index (χ3n) is 6.33. The number of rotatable bonds is 7. The Balaban J connectivity index is 0.000000509. The molecule has 225 valence electrons. The van der Waals surface area contributed by atoms with E-state index >= 15 is 0 Å². The standard InChI is InChI=1S/C17H20N4O6.C8H11NO3.Fe.Mn/c1-7-3-9-10(4-8(7)2)21(5-11(23)14(25)12(24)6-22)15-13(18-9)16(26)20-17(27)19-15;1-5-8(12)7(4-11)6(3-10)2-9-5;;/h3-4,11-12,14,22-25H,5-6H2,1-2H3,(H,20,26,27);2,10-12H,3-4H2,1H3;;/t11-,12+,14-;;;/m0.../s1. The first-order valence-electron chi connectivity index (χ1n) is 11.9. The van der Waals surface area contributed by atoms with Gasteiger partial charge in [0.2, 0.25) is 0 Å². The van der Waals surface area contributed by atoms with Crippen molar-refractivity contribution in [1.82, 2.24) is 24.5 Å². The fourth-order valence-electron chi connectivity index (χ4n) is 3.89. The van der Waals surface area contributed by atoms with Crippen LogP contribution in [0.3, 0.4) is 0 Å². The first-order valence-corrected chi connectivity index (χ1v) is 11.9. The second-order valence-corrected chi connectivity index (χ2v) is 9.01. The fraction of sp³-hybridized carbons (Fsp3) is 0.400. The van der Waals surface area contributed by atoms with Gasteiger partial charge in [0.15, 0.2) is 11.5 Å². The molecule has 0 saturated carbocycles. The first-order chi connectivity index (χ1) is 18.4. The number of aryl methyl sites for hydroxylation is 3. The van der Waals surface area contributed by atoms with Crippen LogP contribution in [0.1, 0.15) is 27.9 Å². The van der Waals surface area contributed by atoms with Crippen LogP contribution in [0.5, 0.6) is 5.75 Å². The van der Waals surface area contributed by atoms with E-state index in [1.807, 2.05) is 13.8 Å². The molecular weight excluding hydrogens is 625 g/mol. The second-order valence-electron chi connectivity index (χ2n) is 9.01. The van der Waals surface area contributed by atoms with Crippen molar-refractivity contribution in [3.63, 3.8) is 0 Å². The summed E-state index contributed by atoms with van der Waals surface area (Å²) in [5.41, 5.74) is 2.38. The van der Waals surface area contributed by atoms with Crippen LogP contribution < -0.4 is 11.2 Å². The Morgan fingerprint density at radius 2 is 1.59 bits per heavy atom. The predicted octanol–water partition coefficient (Wildman–Crippen LogP) is -1.65. The number of H-pyrrole nitrogens is 1.